The number of aromatic hydroxyl groups is 1. The molecule has 0 radical (unpaired) electrons. The van der Waals surface area contributed by atoms with Gasteiger partial charge in [0.05, 0.1) is 28.9 Å². The first-order valence-corrected chi connectivity index (χ1v) is 8.45. The number of aliphatic carboxylic acids is 1. The van der Waals surface area contributed by atoms with Crippen LogP contribution in [0.2, 0.25) is 5.02 Å². The number of rotatable bonds is 4. The molecule has 0 saturated heterocycles. The van der Waals surface area contributed by atoms with E-state index < -0.39 is 5.97 Å². The summed E-state index contributed by atoms with van der Waals surface area (Å²) in [7, 11) is 1.52. The molecule has 6 nitrogen and oxygen atoms in total. The van der Waals surface area contributed by atoms with E-state index in [9.17, 15) is 19.8 Å². The van der Waals surface area contributed by atoms with Crippen LogP contribution >= 0.6 is 22.9 Å². The van der Waals surface area contributed by atoms with Gasteiger partial charge in [0.25, 0.3) is 5.91 Å². The summed E-state index contributed by atoms with van der Waals surface area (Å²) >= 11 is 7.19. The largest absolute Gasteiger partial charge is 0.506 e. The van der Waals surface area contributed by atoms with Crippen LogP contribution in [-0.4, -0.2) is 33.8 Å². The number of carbonyl (C=O) groups excluding carboxylic acids is 1. The van der Waals surface area contributed by atoms with Crippen molar-refractivity contribution in [2.75, 3.05) is 7.11 Å². The van der Waals surface area contributed by atoms with Gasteiger partial charge in [-0.2, -0.15) is 0 Å². The second kappa shape index (κ2) is 6.42. The lowest BCUT2D eigenvalue weighted by atomic mass is 10.1. The van der Waals surface area contributed by atoms with Crippen molar-refractivity contribution in [3.05, 3.63) is 45.4 Å². The molecule has 25 heavy (non-hydrogen) atoms. The molecule has 0 aliphatic heterocycles. The van der Waals surface area contributed by atoms with Gasteiger partial charge in [0, 0.05) is 11.1 Å². The van der Waals surface area contributed by atoms with E-state index in [1.165, 1.54) is 35.1 Å². The van der Waals surface area contributed by atoms with Gasteiger partial charge in [-0.25, -0.2) is 0 Å². The van der Waals surface area contributed by atoms with Gasteiger partial charge in [0.1, 0.15) is 5.75 Å². The number of phenols is 1. The Bertz CT molecular complexity index is 1000. The van der Waals surface area contributed by atoms with Crippen molar-refractivity contribution < 1.29 is 24.5 Å². The van der Waals surface area contributed by atoms with Crippen molar-refractivity contribution >= 4 is 45.7 Å². The lowest BCUT2D eigenvalue weighted by molar-refractivity contribution is -0.136. The van der Waals surface area contributed by atoms with E-state index in [1.54, 1.807) is 19.1 Å². The standard InChI is InChI=1S/C17H14ClNO5S/c1-8-9(6-15(21)22)10-5-13(20)11(18)7-12(10)19(8)17(23)14-3-4-16(24-2)25-14/h3-5,7,20H,6H2,1-2H3,(H,21,22). The zero-order valence-corrected chi connectivity index (χ0v) is 14.9. The van der Waals surface area contributed by atoms with Crippen molar-refractivity contribution in [2.45, 2.75) is 13.3 Å². The molecule has 0 aliphatic rings. The normalized spacial score (nSPS) is 11.0. The van der Waals surface area contributed by atoms with Crippen LogP contribution in [0.25, 0.3) is 10.9 Å². The third-order valence-corrected chi connectivity index (χ3v) is 5.27. The SMILES string of the molecule is COc1ccc(C(=O)n2c(C)c(CC(=O)O)c3cc(O)c(Cl)cc32)s1. The molecule has 2 aromatic heterocycles. The monoisotopic (exact) mass is 379 g/mol. The minimum absolute atomic E-state index is 0.0877. The summed E-state index contributed by atoms with van der Waals surface area (Å²) in [6.07, 6.45) is -0.266. The van der Waals surface area contributed by atoms with Crippen molar-refractivity contribution in [2.24, 2.45) is 0 Å². The van der Waals surface area contributed by atoms with Gasteiger partial charge in [-0.3, -0.25) is 14.2 Å². The van der Waals surface area contributed by atoms with Crippen LogP contribution in [0.4, 0.5) is 0 Å². The van der Waals surface area contributed by atoms with Gasteiger partial charge >= 0.3 is 5.97 Å². The Kier molecular flexibility index (Phi) is 4.45. The van der Waals surface area contributed by atoms with Crippen LogP contribution in [0, 0.1) is 6.92 Å². The smallest absolute Gasteiger partial charge is 0.307 e. The van der Waals surface area contributed by atoms with Crippen LogP contribution in [0.15, 0.2) is 24.3 Å². The first-order chi connectivity index (χ1) is 11.8. The number of aromatic nitrogens is 1. The average molecular weight is 380 g/mol. The Labute approximate surface area is 151 Å². The van der Waals surface area contributed by atoms with E-state index in [1.807, 2.05) is 0 Å². The maximum atomic E-state index is 13.0. The summed E-state index contributed by atoms with van der Waals surface area (Å²) in [6, 6.07) is 6.20. The van der Waals surface area contributed by atoms with Gasteiger partial charge in [-0.1, -0.05) is 22.9 Å². The number of benzene rings is 1. The minimum atomic E-state index is -1.03. The summed E-state index contributed by atoms with van der Waals surface area (Å²) in [4.78, 5) is 24.6. The molecule has 2 heterocycles. The topological polar surface area (TPSA) is 88.8 Å². The first-order valence-electron chi connectivity index (χ1n) is 7.26. The number of phenolic OH excluding ortho intramolecular Hbond substituents is 1. The number of ether oxygens (including phenoxy) is 1. The van der Waals surface area contributed by atoms with Gasteiger partial charge < -0.3 is 14.9 Å². The van der Waals surface area contributed by atoms with Gasteiger partial charge in [0.2, 0.25) is 0 Å². The zero-order chi connectivity index (χ0) is 18.3. The first kappa shape index (κ1) is 17.3. The Morgan fingerprint density at radius 3 is 2.64 bits per heavy atom. The quantitative estimate of drug-likeness (QED) is 0.721. The summed E-state index contributed by atoms with van der Waals surface area (Å²) in [5.74, 6) is -1.50. The number of methoxy groups -OCH3 is 1. The number of halogens is 1. The second-order valence-electron chi connectivity index (χ2n) is 5.42. The minimum Gasteiger partial charge on any atom is -0.506 e. The van der Waals surface area contributed by atoms with E-state index in [0.717, 1.165) is 0 Å². The van der Waals surface area contributed by atoms with Crippen molar-refractivity contribution in [1.29, 1.82) is 0 Å². The lowest BCUT2D eigenvalue weighted by Crippen LogP contribution is -2.12. The van der Waals surface area contributed by atoms with E-state index in [0.29, 0.717) is 32.1 Å². The number of carboxylic acids is 1. The third-order valence-electron chi connectivity index (χ3n) is 3.93. The second-order valence-corrected chi connectivity index (χ2v) is 6.87. The fourth-order valence-corrected chi connectivity index (χ4v) is 3.69. The molecule has 3 rings (SSSR count). The van der Waals surface area contributed by atoms with Crippen LogP contribution in [0.1, 0.15) is 20.9 Å². The highest BCUT2D eigenvalue weighted by Crippen LogP contribution is 2.35. The molecule has 3 aromatic rings. The fourth-order valence-electron chi connectivity index (χ4n) is 2.78. The molecule has 0 aliphatic carbocycles. The Balaban J connectivity index is 2.26. The van der Waals surface area contributed by atoms with E-state index in [4.69, 9.17) is 16.3 Å². The number of fused-ring (bicyclic) bond motifs is 1. The summed E-state index contributed by atoms with van der Waals surface area (Å²) in [5, 5.41) is 20.2. The summed E-state index contributed by atoms with van der Waals surface area (Å²) < 4.78 is 6.54. The number of carbonyl (C=O) groups is 2. The molecule has 0 amide bonds. The lowest BCUT2D eigenvalue weighted by Gasteiger charge is -2.06. The van der Waals surface area contributed by atoms with Crippen molar-refractivity contribution in [1.82, 2.24) is 4.57 Å². The van der Waals surface area contributed by atoms with E-state index >= 15 is 0 Å². The number of carboxylic acid groups (broad SMARTS) is 1. The summed E-state index contributed by atoms with van der Waals surface area (Å²) in [5.41, 5.74) is 1.41. The highest BCUT2D eigenvalue weighted by Gasteiger charge is 2.23. The fraction of sp³-hybridized carbons (Fsp3) is 0.176. The molecule has 0 saturated carbocycles. The molecule has 0 fully saturated rings. The molecule has 1 aromatic carbocycles. The van der Waals surface area contributed by atoms with Gasteiger partial charge in [-0.15, -0.1) is 0 Å². The summed E-state index contributed by atoms with van der Waals surface area (Å²) in [6.45, 7) is 1.67. The highest BCUT2D eigenvalue weighted by atomic mass is 35.5. The number of thiophene rings is 1. The molecule has 0 atom stereocenters. The molecule has 2 N–H and O–H groups in total. The molecule has 0 unspecified atom stereocenters. The van der Waals surface area contributed by atoms with Crippen LogP contribution in [0.5, 0.6) is 10.8 Å². The van der Waals surface area contributed by atoms with Crippen molar-refractivity contribution in [3.8, 4) is 10.8 Å². The molecular formula is C17H14ClNO5S. The zero-order valence-electron chi connectivity index (χ0n) is 13.4. The Morgan fingerprint density at radius 1 is 1.32 bits per heavy atom. The predicted octanol–water partition coefficient (Wildman–Crippen LogP) is 3.69. The molecule has 130 valence electrons. The van der Waals surface area contributed by atoms with Crippen LogP contribution in [0.3, 0.4) is 0 Å². The highest BCUT2D eigenvalue weighted by molar-refractivity contribution is 7.15. The predicted molar refractivity (Wildman–Crippen MR) is 95.3 cm³/mol. The molecule has 8 heteroatoms. The Hall–Kier alpha value is -2.51. The molecular weight excluding hydrogens is 366 g/mol. The maximum absolute atomic E-state index is 13.0. The molecule has 0 bridgehead atoms. The number of hydrogen-bond donors (Lipinski definition) is 2. The van der Waals surface area contributed by atoms with E-state index in [-0.39, 0.29) is 23.1 Å². The molecule has 0 spiro atoms. The average Bonchev–Trinajstić information content (AvgIpc) is 3.12. The number of hydrogen-bond acceptors (Lipinski definition) is 5. The van der Waals surface area contributed by atoms with Crippen LogP contribution < -0.4 is 4.74 Å². The Morgan fingerprint density at radius 2 is 2.04 bits per heavy atom. The van der Waals surface area contributed by atoms with E-state index in [2.05, 4.69) is 0 Å². The van der Waals surface area contributed by atoms with Crippen LogP contribution in [-0.2, 0) is 11.2 Å². The van der Waals surface area contributed by atoms with Gasteiger partial charge in [0.15, 0.2) is 5.06 Å². The maximum Gasteiger partial charge on any atom is 0.307 e. The van der Waals surface area contributed by atoms with Crippen molar-refractivity contribution in [3.63, 3.8) is 0 Å². The van der Waals surface area contributed by atoms with Gasteiger partial charge in [-0.05, 0) is 36.8 Å². The number of nitrogens with zero attached hydrogens (tertiary/aromatic N) is 1. The third kappa shape index (κ3) is 2.96.